The van der Waals surface area contributed by atoms with Gasteiger partial charge in [-0.2, -0.15) is 13.7 Å². The Labute approximate surface area is 148 Å². The number of sulfonamides is 1. The molecule has 0 saturated heterocycles. The zero-order valence-electron chi connectivity index (χ0n) is 13.5. The summed E-state index contributed by atoms with van der Waals surface area (Å²) in [6.07, 6.45) is 1.31. The summed E-state index contributed by atoms with van der Waals surface area (Å²) < 4.78 is 46.7. The first kappa shape index (κ1) is 17.3. The molecule has 0 radical (unpaired) electrons. The Hall–Kier alpha value is -2.53. The van der Waals surface area contributed by atoms with Crippen molar-refractivity contribution in [3.05, 3.63) is 24.4 Å². The molecule has 2 aromatic heterocycles. The van der Waals surface area contributed by atoms with E-state index in [1.165, 1.54) is 12.3 Å². The maximum absolute atomic E-state index is 12.8. The highest BCUT2D eigenvalue weighted by molar-refractivity contribution is 7.93. The van der Waals surface area contributed by atoms with Gasteiger partial charge in [-0.05, 0) is 26.0 Å². The molecule has 3 aromatic rings. The number of nitrogens with zero attached hydrogens (tertiary/aromatic N) is 4. The van der Waals surface area contributed by atoms with E-state index >= 15 is 0 Å². The molecule has 0 aliphatic rings. The maximum Gasteiger partial charge on any atom is 0.319 e. The Kier molecular flexibility index (Phi) is 4.95. The Balaban J connectivity index is 1.99. The number of fused-ring (bicyclic) bond motifs is 1. The molecule has 0 aliphatic carbocycles. The minimum Gasteiger partial charge on any atom is -0.476 e. The van der Waals surface area contributed by atoms with E-state index in [9.17, 15) is 8.42 Å². The molecule has 11 heteroatoms. The summed E-state index contributed by atoms with van der Waals surface area (Å²) in [6.45, 7) is 4.25. The van der Waals surface area contributed by atoms with Crippen LogP contribution in [0.1, 0.15) is 13.8 Å². The van der Waals surface area contributed by atoms with Gasteiger partial charge in [-0.3, -0.25) is 4.72 Å². The smallest absolute Gasteiger partial charge is 0.319 e. The molecule has 0 unspecified atom stereocenters. The van der Waals surface area contributed by atoms with E-state index in [2.05, 4.69) is 23.4 Å². The minimum atomic E-state index is -3.92. The molecule has 0 atom stereocenters. The van der Waals surface area contributed by atoms with Gasteiger partial charge in [0.25, 0.3) is 10.0 Å². The summed E-state index contributed by atoms with van der Waals surface area (Å²) in [6, 6.07) is 4.88. The lowest BCUT2D eigenvalue weighted by Gasteiger charge is -2.12. The van der Waals surface area contributed by atoms with Gasteiger partial charge in [0, 0.05) is 0 Å². The molecular formula is C14H15N5O4S2. The number of hydrogen-bond donors (Lipinski definition) is 1. The van der Waals surface area contributed by atoms with Crippen molar-refractivity contribution in [2.24, 2.45) is 0 Å². The number of aromatic nitrogens is 4. The Morgan fingerprint density at radius 3 is 2.72 bits per heavy atom. The summed E-state index contributed by atoms with van der Waals surface area (Å²) in [5.74, 6) is 0.0908. The Morgan fingerprint density at radius 2 is 1.96 bits per heavy atom. The van der Waals surface area contributed by atoms with Crippen LogP contribution < -0.4 is 14.2 Å². The van der Waals surface area contributed by atoms with E-state index in [4.69, 9.17) is 9.47 Å². The van der Waals surface area contributed by atoms with Crippen molar-refractivity contribution in [2.75, 3.05) is 17.9 Å². The largest absolute Gasteiger partial charge is 0.476 e. The summed E-state index contributed by atoms with van der Waals surface area (Å²) in [5, 5.41) is 0. The van der Waals surface area contributed by atoms with Crippen LogP contribution in [0.25, 0.3) is 11.0 Å². The molecule has 9 nitrogen and oxygen atoms in total. The molecular weight excluding hydrogens is 366 g/mol. The van der Waals surface area contributed by atoms with Gasteiger partial charge in [0.1, 0.15) is 21.6 Å². The van der Waals surface area contributed by atoms with Crippen LogP contribution in [0.4, 0.5) is 5.69 Å². The van der Waals surface area contributed by atoms with Crippen molar-refractivity contribution >= 4 is 38.5 Å². The number of anilines is 1. The van der Waals surface area contributed by atoms with Crippen molar-refractivity contribution in [2.45, 2.75) is 18.7 Å². The Morgan fingerprint density at radius 1 is 1.16 bits per heavy atom. The molecule has 3 rings (SSSR count). The second-order valence-electron chi connectivity index (χ2n) is 4.73. The zero-order chi connectivity index (χ0) is 17.9. The molecule has 132 valence electrons. The predicted molar refractivity (Wildman–Crippen MR) is 92.6 cm³/mol. The molecule has 0 spiro atoms. The zero-order valence-corrected chi connectivity index (χ0v) is 15.1. The molecule has 1 aromatic carbocycles. The van der Waals surface area contributed by atoms with Gasteiger partial charge in [-0.1, -0.05) is 6.07 Å². The highest BCUT2D eigenvalue weighted by Gasteiger charge is 2.22. The normalized spacial score (nSPS) is 11.4. The SMILES string of the molecule is CCOc1ncc(NS(=O)(=O)c2cccc3nsnc23)c(OCC)n1. The Bertz CT molecular complexity index is 990. The number of ether oxygens (including phenoxy) is 2. The van der Waals surface area contributed by atoms with Crippen LogP contribution in [-0.2, 0) is 10.0 Å². The van der Waals surface area contributed by atoms with Gasteiger partial charge in [0.05, 0.1) is 31.1 Å². The lowest BCUT2D eigenvalue weighted by molar-refractivity contribution is 0.290. The van der Waals surface area contributed by atoms with E-state index in [-0.39, 0.29) is 22.5 Å². The number of rotatable bonds is 7. The van der Waals surface area contributed by atoms with Gasteiger partial charge in [-0.25, -0.2) is 13.4 Å². The lowest BCUT2D eigenvalue weighted by atomic mass is 10.3. The van der Waals surface area contributed by atoms with Crippen LogP contribution >= 0.6 is 11.7 Å². The standard InChI is InChI=1S/C14H15N5O4S2/c1-3-22-13-10(8-15-14(16-13)23-4-2)19-25(20,21)11-7-5-6-9-12(11)18-24-17-9/h5-8,19H,3-4H2,1-2H3. The first-order chi connectivity index (χ1) is 12.0. The van der Waals surface area contributed by atoms with Gasteiger partial charge < -0.3 is 9.47 Å². The third-order valence-corrected chi connectivity index (χ3v) is 5.01. The molecule has 25 heavy (non-hydrogen) atoms. The quantitative estimate of drug-likeness (QED) is 0.661. The van der Waals surface area contributed by atoms with E-state index in [0.29, 0.717) is 24.2 Å². The third kappa shape index (κ3) is 3.61. The number of hydrogen-bond acceptors (Lipinski definition) is 9. The van der Waals surface area contributed by atoms with Gasteiger partial charge in [-0.15, -0.1) is 0 Å². The molecule has 1 N–H and O–H groups in total. The highest BCUT2D eigenvalue weighted by atomic mass is 32.2. The molecule has 0 aliphatic heterocycles. The molecule has 0 amide bonds. The molecule has 2 heterocycles. The average Bonchev–Trinajstić information content (AvgIpc) is 3.06. The topological polar surface area (TPSA) is 116 Å². The van der Waals surface area contributed by atoms with E-state index in [1.54, 1.807) is 26.0 Å². The molecule has 0 fully saturated rings. The fraction of sp³-hybridized carbons (Fsp3) is 0.286. The fourth-order valence-electron chi connectivity index (χ4n) is 2.06. The summed E-state index contributed by atoms with van der Waals surface area (Å²) in [7, 11) is -3.92. The third-order valence-electron chi connectivity index (χ3n) is 3.07. The van der Waals surface area contributed by atoms with Gasteiger partial charge in [0.2, 0.25) is 5.88 Å². The molecule has 0 saturated carbocycles. The lowest BCUT2D eigenvalue weighted by Crippen LogP contribution is -2.15. The van der Waals surface area contributed by atoms with Crippen molar-refractivity contribution in [3.63, 3.8) is 0 Å². The van der Waals surface area contributed by atoms with Crippen molar-refractivity contribution in [3.8, 4) is 11.9 Å². The first-order valence-electron chi connectivity index (χ1n) is 7.42. The second kappa shape index (κ2) is 7.15. The van der Waals surface area contributed by atoms with Gasteiger partial charge in [0.15, 0.2) is 0 Å². The fourth-order valence-corrected chi connectivity index (χ4v) is 3.87. The van der Waals surface area contributed by atoms with Crippen molar-refractivity contribution < 1.29 is 17.9 Å². The first-order valence-corrected chi connectivity index (χ1v) is 9.63. The minimum absolute atomic E-state index is 0.0232. The van der Waals surface area contributed by atoms with E-state index < -0.39 is 10.0 Å². The van der Waals surface area contributed by atoms with E-state index in [1.807, 2.05) is 0 Å². The number of nitrogens with one attached hydrogen (secondary N) is 1. The van der Waals surface area contributed by atoms with Crippen molar-refractivity contribution in [1.82, 2.24) is 18.7 Å². The van der Waals surface area contributed by atoms with Crippen LogP contribution in [0.2, 0.25) is 0 Å². The second-order valence-corrected chi connectivity index (χ2v) is 6.91. The monoisotopic (exact) mass is 381 g/mol. The maximum atomic E-state index is 12.8. The highest BCUT2D eigenvalue weighted by Crippen LogP contribution is 2.28. The molecule has 0 bridgehead atoms. The van der Waals surface area contributed by atoms with E-state index in [0.717, 1.165) is 11.7 Å². The van der Waals surface area contributed by atoms with Gasteiger partial charge >= 0.3 is 6.01 Å². The summed E-state index contributed by atoms with van der Waals surface area (Å²) >= 11 is 0.950. The summed E-state index contributed by atoms with van der Waals surface area (Å²) in [5.41, 5.74) is 0.941. The number of benzene rings is 1. The van der Waals surface area contributed by atoms with Crippen molar-refractivity contribution in [1.29, 1.82) is 0 Å². The predicted octanol–water partition coefficient (Wildman–Crippen LogP) is 2.08. The average molecular weight is 381 g/mol. The van der Waals surface area contributed by atoms with Crippen LogP contribution in [0.3, 0.4) is 0 Å². The summed E-state index contributed by atoms with van der Waals surface area (Å²) in [4.78, 5) is 8.07. The van der Waals surface area contributed by atoms with Crippen LogP contribution in [0, 0.1) is 0 Å². The van der Waals surface area contributed by atoms with Crippen LogP contribution in [0.5, 0.6) is 11.9 Å². The van der Waals surface area contributed by atoms with Crippen LogP contribution in [-0.4, -0.2) is 40.3 Å². The van der Waals surface area contributed by atoms with Crippen LogP contribution in [0.15, 0.2) is 29.3 Å².